The molecule has 0 atom stereocenters. The molecule has 0 spiro atoms. The third-order valence-corrected chi connectivity index (χ3v) is 2.42. The van der Waals surface area contributed by atoms with Gasteiger partial charge in [-0.05, 0) is 30.9 Å². The van der Waals surface area contributed by atoms with E-state index >= 15 is 0 Å². The minimum atomic E-state index is 0.426. The first-order valence-electron chi connectivity index (χ1n) is 5.18. The van der Waals surface area contributed by atoms with Crippen molar-refractivity contribution in [3.63, 3.8) is 0 Å². The fourth-order valence-corrected chi connectivity index (χ4v) is 1.45. The van der Waals surface area contributed by atoms with E-state index in [0.29, 0.717) is 12.6 Å². The molecule has 0 unspecified atom stereocenters. The Kier molecular flexibility index (Phi) is 2.68. The maximum absolute atomic E-state index is 5.65. The third-order valence-electron chi connectivity index (χ3n) is 2.42. The van der Waals surface area contributed by atoms with Crippen LogP contribution in [0.15, 0.2) is 12.3 Å². The Hall–Kier alpha value is -1.09. The zero-order valence-electron chi connectivity index (χ0n) is 8.49. The van der Waals surface area contributed by atoms with Crippen molar-refractivity contribution in [2.45, 2.75) is 38.8 Å². The van der Waals surface area contributed by atoms with Crippen LogP contribution in [0.5, 0.6) is 5.75 Å². The van der Waals surface area contributed by atoms with E-state index in [0.717, 1.165) is 23.4 Å². The summed E-state index contributed by atoms with van der Waals surface area (Å²) in [5.74, 6) is 0.866. The van der Waals surface area contributed by atoms with Crippen LogP contribution >= 0.6 is 0 Å². The number of aryl methyl sites for hydroxylation is 1. The second-order valence-corrected chi connectivity index (χ2v) is 3.65. The number of ether oxygens (including phenoxy) is 1. The summed E-state index contributed by atoms with van der Waals surface area (Å²) in [6, 6.07) is 2.02. The summed E-state index contributed by atoms with van der Waals surface area (Å²) in [7, 11) is 0. The van der Waals surface area contributed by atoms with E-state index < -0.39 is 0 Å². The SMILES string of the molecule is CCc1ncc(OC2CC2)cc1CN. The largest absolute Gasteiger partial charge is 0.489 e. The van der Waals surface area contributed by atoms with Gasteiger partial charge in [0.1, 0.15) is 5.75 Å². The molecule has 0 bridgehead atoms. The van der Waals surface area contributed by atoms with Crippen LogP contribution < -0.4 is 10.5 Å². The molecule has 14 heavy (non-hydrogen) atoms. The summed E-state index contributed by atoms with van der Waals surface area (Å²) in [5.41, 5.74) is 7.83. The average Bonchev–Trinajstić information content (AvgIpc) is 3.01. The Bertz CT molecular complexity index is 321. The Labute approximate surface area is 84.3 Å². The molecule has 1 aliphatic rings. The predicted octanol–water partition coefficient (Wildman–Crippen LogP) is 1.64. The fraction of sp³-hybridized carbons (Fsp3) is 0.545. The van der Waals surface area contributed by atoms with Crippen LogP contribution in [-0.2, 0) is 13.0 Å². The maximum atomic E-state index is 5.65. The molecule has 1 saturated carbocycles. The Morgan fingerprint density at radius 1 is 1.57 bits per heavy atom. The summed E-state index contributed by atoms with van der Waals surface area (Å²) in [5, 5.41) is 0. The van der Waals surface area contributed by atoms with Gasteiger partial charge in [0.2, 0.25) is 0 Å². The molecule has 1 aliphatic carbocycles. The van der Waals surface area contributed by atoms with Crippen LogP contribution in [0.25, 0.3) is 0 Å². The summed E-state index contributed by atoms with van der Waals surface area (Å²) < 4.78 is 5.65. The zero-order valence-corrected chi connectivity index (χ0v) is 8.49. The van der Waals surface area contributed by atoms with E-state index in [1.807, 2.05) is 6.07 Å². The molecule has 1 aromatic rings. The number of pyridine rings is 1. The summed E-state index contributed by atoms with van der Waals surface area (Å²) in [6.45, 7) is 2.63. The van der Waals surface area contributed by atoms with Gasteiger partial charge in [-0.25, -0.2) is 0 Å². The van der Waals surface area contributed by atoms with Crippen molar-refractivity contribution in [3.05, 3.63) is 23.5 Å². The van der Waals surface area contributed by atoms with E-state index in [2.05, 4.69) is 11.9 Å². The molecule has 2 rings (SSSR count). The topological polar surface area (TPSA) is 48.1 Å². The molecule has 76 valence electrons. The maximum Gasteiger partial charge on any atom is 0.138 e. The third kappa shape index (κ3) is 2.04. The molecule has 3 nitrogen and oxygen atoms in total. The highest BCUT2D eigenvalue weighted by Gasteiger charge is 2.23. The first-order chi connectivity index (χ1) is 6.83. The molecule has 1 fully saturated rings. The monoisotopic (exact) mass is 192 g/mol. The van der Waals surface area contributed by atoms with Crippen molar-refractivity contribution < 1.29 is 4.74 Å². The van der Waals surface area contributed by atoms with Crippen molar-refractivity contribution in [2.75, 3.05) is 0 Å². The molecule has 2 N–H and O–H groups in total. The molecule has 0 saturated heterocycles. The van der Waals surface area contributed by atoms with Gasteiger partial charge in [0.25, 0.3) is 0 Å². The highest BCUT2D eigenvalue weighted by atomic mass is 16.5. The number of nitrogens with zero attached hydrogens (tertiary/aromatic N) is 1. The van der Waals surface area contributed by atoms with E-state index in [4.69, 9.17) is 10.5 Å². The van der Waals surface area contributed by atoms with E-state index in [1.165, 1.54) is 12.8 Å². The minimum absolute atomic E-state index is 0.426. The fourth-order valence-electron chi connectivity index (χ4n) is 1.45. The zero-order chi connectivity index (χ0) is 9.97. The number of nitrogens with two attached hydrogens (primary N) is 1. The molecule has 0 amide bonds. The number of hydrogen-bond acceptors (Lipinski definition) is 3. The van der Waals surface area contributed by atoms with Gasteiger partial charge in [-0.1, -0.05) is 6.92 Å². The van der Waals surface area contributed by atoms with Crippen molar-refractivity contribution in [2.24, 2.45) is 5.73 Å². The van der Waals surface area contributed by atoms with Gasteiger partial charge in [0, 0.05) is 12.2 Å². The number of rotatable bonds is 4. The summed E-state index contributed by atoms with van der Waals surface area (Å²) >= 11 is 0. The molecule has 0 aromatic carbocycles. The second kappa shape index (κ2) is 3.96. The van der Waals surface area contributed by atoms with Gasteiger partial charge in [-0.3, -0.25) is 4.98 Å². The molecule has 1 heterocycles. The lowest BCUT2D eigenvalue weighted by Crippen LogP contribution is -2.05. The molecular formula is C11H16N2O. The Balaban J connectivity index is 2.16. The molecule has 0 aliphatic heterocycles. The van der Waals surface area contributed by atoms with E-state index in [-0.39, 0.29) is 0 Å². The van der Waals surface area contributed by atoms with Crippen molar-refractivity contribution in [1.29, 1.82) is 0 Å². The van der Waals surface area contributed by atoms with Crippen molar-refractivity contribution in [3.8, 4) is 5.75 Å². The van der Waals surface area contributed by atoms with Crippen LogP contribution in [0.2, 0.25) is 0 Å². The normalized spacial score (nSPS) is 15.6. The number of aromatic nitrogens is 1. The van der Waals surface area contributed by atoms with Crippen LogP contribution in [0.4, 0.5) is 0 Å². The van der Waals surface area contributed by atoms with Gasteiger partial charge in [0.15, 0.2) is 0 Å². The Morgan fingerprint density at radius 2 is 2.36 bits per heavy atom. The highest BCUT2D eigenvalue weighted by molar-refractivity contribution is 5.29. The summed E-state index contributed by atoms with van der Waals surface area (Å²) in [4.78, 5) is 4.34. The number of hydrogen-bond donors (Lipinski definition) is 1. The first kappa shape index (κ1) is 9.46. The van der Waals surface area contributed by atoms with Crippen molar-refractivity contribution >= 4 is 0 Å². The molecular weight excluding hydrogens is 176 g/mol. The lowest BCUT2D eigenvalue weighted by Gasteiger charge is -2.08. The Morgan fingerprint density at radius 3 is 2.93 bits per heavy atom. The van der Waals surface area contributed by atoms with E-state index in [9.17, 15) is 0 Å². The standard InChI is InChI=1S/C11H16N2O/c1-2-11-8(6-12)5-10(7-13-11)14-9-3-4-9/h5,7,9H,2-4,6,12H2,1H3. The molecule has 3 heteroatoms. The second-order valence-electron chi connectivity index (χ2n) is 3.65. The minimum Gasteiger partial charge on any atom is -0.489 e. The lowest BCUT2D eigenvalue weighted by molar-refractivity contribution is 0.301. The quantitative estimate of drug-likeness (QED) is 0.789. The predicted molar refractivity (Wildman–Crippen MR) is 55.2 cm³/mol. The van der Waals surface area contributed by atoms with Gasteiger partial charge in [-0.2, -0.15) is 0 Å². The van der Waals surface area contributed by atoms with Gasteiger partial charge in [-0.15, -0.1) is 0 Å². The van der Waals surface area contributed by atoms with Gasteiger partial charge in [0.05, 0.1) is 12.3 Å². The van der Waals surface area contributed by atoms with Gasteiger partial charge >= 0.3 is 0 Å². The smallest absolute Gasteiger partial charge is 0.138 e. The first-order valence-corrected chi connectivity index (χ1v) is 5.18. The van der Waals surface area contributed by atoms with Crippen LogP contribution in [-0.4, -0.2) is 11.1 Å². The summed E-state index contributed by atoms with van der Waals surface area (Å²) in [6.07, 6.45) is 5.50. The molecule has 1 aromatic heterocycles. The van der Waals surface area contributed by atoms with E-state index in [1.54, 1.807) is 6.20 Å². The lowest BCUT2D eigenvalue weighted by atomic mass is 10.1. The average molecular weight is 192 g/mol. The van der Waals surface area contributed by atoms with Crippen LogP contribution in [0.1, 0.15) is 31.0 Å². The van der Waals surface area contributed by atoms with Gasteiger partial charge < -0.3 is 10.5 Å². The van der Waals surface area contributed by atoms with Crippen LogP contribution in [0, 0.1) is 0 Å². The highest BCUT2D eigenvalue weighted by Crippen LogP contribution is 2.27. The van der Waals surface area contributed by atoms with Crippen molar-refractivity contribution in [1.82, 2.24) is 4.98 Å². The van der Waals surface area contributed by atoms with Crippen LogP contribution in [0.3, 0.4) is 0 Å². The molecule has 0 radical (unpaired) electrons.